The Hall–Kier alpha value is -3.37. The van der Waals surface area contributed by atoms with Gasteiger partial charge >= 0.3 is 0 Å². The third kappa shape index (κ3) is 4.12. The fourth-order valence-corrected chi connectivity index (χ4v) is 5.92. The van der Waals surface area contributed by atoms with E-state index in [1.807, 2.05) is 24.3 Å². The Bertz CT molecular complexity index is 1480. The molecular formula is C21H19N3O5S2. The Balaban J connectivity index is 1.74. The largest absolute Gasteiger partial charge is 0.497 e. The van der Waals surface area contributed by atoms with E-state index in [9.17, 15) is 16.8 Å². The van der Waals surface area contributed by atoms with Gasteiger partial charge in [-0.2, -0.15) is 5.10 Å². The van der Waals surface area contributed by atoms with Crippen molar-refractivity contribution in [1.82, 2.24) is 10.2 Å². The number of anilines is 1. The summed E-state index contributed by atoms with van der Waals surface area (Å²) in [5.74, 6) is 0.710. The zero-order chi connectivity index (χ0) is 22.2. The highest BCUT2D eigenvalue weighted by Gasteiger charge is 2.24. The molecule has 8 nitrogen and oxygen atoms in total. The van der Waals surface area contributed by atoms with Gasteiger partial charge in [-0.25, -0.2) is 16.8 Å². The van der Waals surface area contributed by atoms with Gasteiger partial charge in [0.25, 0.3) is 10.0 Å². The Morgan fingerprint density at radius 1 is 0.903 bits per heavy atom. The van der Waals surface area contributed by atoms with Crippen LogP contribution in [0.2, 0.25) is 0 Å². The molecule has 160 valence electrons. The van der Waals surface area contributed by atoms with E-state index in [4.69, 9.17) is 4.74 Å². The SMILES string of the molecule is COc1ccc(-c2n[nH]c3ccc(NS(=O)(=O)c4ccccc4S(C)(=O)=O)cc23)cc1. The molecule has 0 atom stereocenters. The summed E-state index contributed by atoms with van der Waals surface area (Å²) in [7, 11) is -6.29. The van der Waals surface area contributed by atoms with E-state index in [0.29, 0.717) is 16.8 Å². The number of fused-ring (bicyclic) bond motifs is 1. The molecule has 0 unspecified atom stereocenters. The molecule has 0 aliphatic heterocycles. The van der Waals surface area contributed by atoms with E-state index in [2.05, 4.69) is 14.9 Å². The molecule has 0 saturated heterocycles. The molecule has 0 aliphatic carbocycles. The number of aromatic amines is 1. The molecular weight excluding hydrogens is 438 g/mol. The van der Waals surface area contributed by atoms with Crippen LogP contribution < -0.4 is 9.46 Å². The number of nitrogens with zero attached hydrogens (tertiary/aromatic N) is 1. The highest BCUT2D eigenvalue weighted by Crippen LogP contribution is 2.31. The third-order valence-corrected chi connectivity index (χ3v) is 7.44. The fourth-order valence-electron chi connectivity index (χ4n) is 3.24. The zero-order valence-corrected chi connectivity index (χ0v) is 18.3. The summed E-state index contributed by atoms with van der Waals surface area (Å²) >= 11 is 0. The number of aromatic nitrogens is 2. The van der Waals surface area contributed by atoms with Gasteiger partial charge < -0.3 is 4.74 Å². The second-order valence-electron chi connectivity index (χ2n) is 6.89. The van der Waals surface area contributed by atoms with Crippen molar-refractivity contribution in [2.24, 2.45) is 0 Å². The van der Waals surface area contributed by atoms with Gasteiger partial charge in [0.15, 0.2) is 9.84 Å². The monoisotopic (exact) mass is 457 g/mol. The maximum absolute atomic E-state index is 13.0. The van der Waals surface area contributed by atoms with Crippen LogP contribution in [0.15, 0.2) is 76.5 Å². The second kappa shape index (κ2) is 7.71. The van der Waals surface area contributed by atoms with E-state index in [-0.39, 0.29) is 15.5 Å². The predicted octanol–water partition coefficient (Wildman–Crippen LogP) is 3.44. The van der Waals surface area contributed by atoms with Crippen LogP contribution in [0.5, 0.6) is 5.75 Å². The fraction of sp³-hybridized carbons (Fsp3) is 0.0952. The van der Waals surface area contributed by atoms with Crippen LogP contribution >= 0.6 is 0 Å². The molecule has 1 aromatic heterocycles. The van der Waals surface area contributed by atoms with Gasteiger partial charge in [-0.05, 0) is 54.6 Å². The average molecular weight is 458 g/mol. The van der Waals surface area contributed by atoms with Gasteiger partial charge in [-0.15, -0.1) is 0 Å². The van der Waals surface area contributed by atoms with E-state index < -0.39 is 19.9 Å². The Morgan fingerprint density at radius 2 is 1.58 bits per heavy atom. The van der Waals surface area contributed by atoms with Gasteiger partial charge in [-0.1, -0.05) is 12.1 Å². The maximum Gasteiger partial charge on any atom is 0.263 e. The smallest absolute Gasteiger partial charge is 0.263 e. The minimum Gasteiger partial charge on any atom is -0.497 e. The van der Waals surface area contributed by atoms with E-state index >= 15 is 0 Å². The number of hydrogen-bond acceptors (Lipinski definition) is 6. The van der Waals surface area contributed by atoms with E-state index in [1.165, 1.54) is 24.3 Å². The predicted molar refractivity (Wildman–Crippen MR) is 118 cm³/mol. The lowest BCUT2D eigenvalue weighted by Crippen LogP contribution is -2.16. The van der Waals surface area contributed by atoms with Crippen molar-refractivity contribution in [2.45, 2.75) is 9.79 Å². The van der Waals surface area contributed by atoms with Crippen molar-refractivity contribution >= 4 is 36.5 Å². The Labute approximate surface area is 179 Å². The van der Waals surface area contributed by atoms with Crippen LogP contribution in [0, 0.1) is 0 Å². The lowest BCUT2D eigenvalue weighted by Gasteiger charge is -2.11. The van der Waals surface area contributed by atoms with Crippen molar-refractivity contribution in [3.63, 3.8) is 0 Å². The van der Waals surface area contributed by atoms with E-state index in [0.717, 1.165) is 17.3 Å². The van der Waals surface area contributed by atoms with Crippen LogP contribution in [0.25, 0.3) is 22.2 Å². The van der Waals surface area contributed by atoms with Gasteiger partial charge in [0.2, 0.25) is 0 Å². The number of benzene rings is 3. The minimum absolute atomic E-state index is 0.259. The van der Waals surface area contributed by atoms with Crippen LogP contribution in [-0.4, -0.2) is 40.4 Å². The molecule has 0 saturated carbocycles. The molecule has 0 spiro atoms. The van der Waals surface area contributed by atoms with Gasteiger partial charge in [0.1, 0.15) is 10.6 Å². The zero-order valence-electron chi connectivity index (χ0n) is 16.7. The molecule has 31 heavy (non-hydrogen) atoms. The number of sulfonamides is 1. The number of ether oxygens (including phenoxy) is 1. The quantitative estimate of drug-likeness (QED) is 0.458. The van der Waals surface area contributed by atoms with Crippen molar-refractivity contribution in [3.8, 4) is 17.0 Å². The molecule has 0 amide bonds. The first kappa shape index (κ1) is 20.9. The molecule has 0 aliphatic rings. The average Bonchev–Trinajstić information content (AvgIpc) is 3.16. The summed E-state index contributed by atoms with van der Waals surface area (Å²) in [6, 6.07) is 17.8. The molecule has 0 bridgehead atoms. The summed E-state index contributed by atoms with van der Waals surface area (Å²) in [6.07, 6.45) is 0.972. The Morgan fingerprint density at radius 3 is 2.23 bits per heavy atom. The molecule has 10 heteroatoms. The first-order chi connectivity index (χ1) is 14.7. The van der Waals surface area contributed by atoms with Crippen LogP contribution in [0.1, 0.15) is 0 Å². The van der Waals surface area contributed by atoms with Crippen molar-refractivity contribution in [2.75, 3.05) is 18.1 Å². The molecule has 3 aromatic carbocycles. The minimum atomic E-state index is -4.14. The number of rotatable bonds is 6. The van der Waals surface area contributed by atoms with Crippen molar-refractivity contribution in [3.05, 3.63) is 66.7 Å². The molecule has 0 radical (unpaired) electrons. The normalized spacial score (nSPS) is 12.1. The summed E-state index contributed by atoms with van der Waals surface area (Å²) in [6.45, 7) is 0. The van der Waals surface area contributed by atoms with E-state index in [1.54, 1.807) is 25.3 Å². The number of nitrogens with one attached hydrogen (secondary N) is 2. The summed E-state index contributed by atoms with van der Waals surface area (Å²) < 4.78 is 57.6. The standard InChI is InChI=1S/C21H19N3O5S2/c1-29-16-10-7-14(8-11-16)21-17-13-15(9-12-18(17)22-23-21)24-31(27,28)20-6-4-3-5-19(20)30(2,25)26/h3-13,24H,1-2H3,(H,22,23). The molecule has 0 fully saturated rings. The van der Waals surface area contributed by atoms with Gasteiger partial charge in [0, 0.05) is 22.9 Å². The van der Waals surface area contributed by atoms with Crippen molar-refractivity contribution < 1.29 is 21.6 Å². The van der Waals surface area contributed by atoms with Crippen LogP contribution in [-0.2, 0) is 19.9 Å². The number of sulfone groups is 1. The second-order valence-corrected chi connectivity index (χ2v) is 10.5. The molecule has 4 rings (SSSR count). The summed E-state index contributed by atoms with van der Waals surface area (Å²) in [5, 5.41) is 7.98. The molecule has 2 N–H and O–H groups in total. The lowest BCUT2D eigenvalue weighted by molar-refractivity contribution is 0.415. The van der Waals surface area contributed by atoms with Crippen molar-refractivity contribution in [1.29, 1.82) is 0 Å². The lowest BCUT2D eigenvalue weighted by atomic mass is 10.1. The number of H-pyrrole nitrogens is 1. The third-order valence-electron chi connectivity index (χ3n) is 4.72. The number of hydrogen-bond donors (Lipinski definition) is 2. The van der Waals surface area contributed by atoms with Crippen LogP contribution in [0.3, 0.4) is 0 Å². The van der Waals surface area contributed by atoms with Gasteiger partial charge in [0.05, 0.1) is 23.2 Å². The Kier molecular flexibility index (Phi) is 5.19. The topological polar surface area (TPSA) is 118 Å². The molecule has 1 heterocycles. The highest BCUT2D eigenvalue weighted by atomic mass is 32.2. The van der Waals surface area contributed by atoms with Gasteiger partial charge in [-0.3, -0.25) is 9.82 Å². The highest BCUT2D eigenvalue weighted by molar-refractivity contribution is 7.95. The number of methoxy groups -OCH3 is 1. The first-order valence-corrected chi connectivity index (χ1v) is 12.5. The molecule has 4 aromatic rings. The van der Waals surface area contributed by atoms with Crippen LogP contribution in [0.4, 0.5) is 5.69 Å². The first-order valence-electron chi connectivity index (χ1n) is 9.13. The summed E-state index contributed by atoms with van der Waals surface area (Å²) in [5.41, 5.74) is 2.49. The summed E-state index contributed by atoms with van der Waals surface area (Å²) in [4.78, 5) is -0.564. The maximum atomic E-state index is 13.0.